The number of hydrogen-bond donors (Lipinski definition) is 0. The molecule has 0 amide bonds. The fourth-order valence-electron chi connectivity index (χ4n) is 3.34. The Morgan fingerprint density at radius 1 is 0.355 bits per heavy atom. The molecule has 1 heteroatoms. The molecule has 0 aromatic heterocycles. The van der Waals surface area contributed by atoms with E-state index in [9.17, 15) is 0 Å². The summed E-state index contributed by atoms with van der Waals surface area (Å²) in [4.78, 5) is 0. The van der Waals surface area contributed by atoms with Gasteiger partial charge in [0, 0.05) is 27.3 Å². The first-order valence-electron chi connectivity index (χ1n) is 12.1. The molecule has 0 N–H and O–H groups in total. The molecule has 0 bridgehead atoms. The molecule has 174 valence electrons. The van der Waals surface area contributed by atoms with Gasteiger partial charge in [-0.15, -0.1) is 0 Å². The maximum Gasteiger partial charge on any atom is 0 e. The van der Waals surface area contributed by atoms with Gasteiger partial charge < -0.3 is 0 Å². The van der Waals surface area contributed by atoms with Gasteiger partial charge in [-0.3, -0.25) is 0 Å². The summed E-state index contributed by atoms with van der Waals surface area (Å²) in [5, 5.41) is 0. The molecule has 0 aromatic carbocycles. The summed E-state index contributed by atoms with van der Waals surface area (Å²) in [5.74, 6) is 0. The SMILES string of the molecule is CC(C)=CCC/C(C)=C/CC/C(C)=C/CC/C=C(\C)CC/C=C(\C)CCC=C(C)C.[Pb]. The van der Waals surface area contributed by atoms with Crippen LogP contribution < -0.4 is 0 Å². The van der Waals surface area contributed by atoms with Crippen molar-refractivity contribution >= 4 is 27.3 Å². The van der Waals surface area contributed by atoms with Crippen molar-refractivity contribution in [2.75, 3.05) is 0 Å². The third-order valence-electron chi connectivity index (χ3n) is 5.40. The molecule has 31 heavy (non-hydrogen) atoms. The molecule has 0 rings (SSSR count). The Morgan fingerprint density at radius 2 is 0.581 bits per heavy atom. The first-order chi connectivity index (χ1) is 14.2. The second kappa shape index (κ2) is 21.2. The third-order valence-corrected chi connectivity index (χ3v) is 5.40. The van der Waals surface area contributed by atoms with Gasteiger partial charge in [0.25, 0.3) is 0 Å². The summed E-state index contributed by atoms with van der Waals surface area (Å²) in [6.07, 6.45) is 26.2. The zero-order valence-electron chi connectivity index (χ0n) is 22.0. The van der Waals surface area contributed by atoms with Crippen molar-refractivity contribution in [1.29, 1.82) is 0 Å². The van der Waals surface area contributed by atoms with Crippen molar-refractivity contribution in [2.45, 2.75) is 120 Å². The average Bonchev–Trinajstić information content (AvgIpc) is 2.64. The van der Waals surface area contributed by atoms with E-state index in [1.807, 2.05) is 0 Å². The molecule has 0 heterocycles. The molecule has 0 atom stereocenters. The van der Waals surface area contributed by atoms with Crippen LogP contribution in [0.4, 0.5) is 0 Å². The quantitative estimate of drug-likeness (QED) is 0.0974. The molecular formula is C30H50Pb. The minimum absolute atomic E-state index is 0. The van der Waals surface area contributed by atoms with E-state index >= 15 is 0 Å². The van der Waals surface area contributed by atoms with Crippen molar-refractivity contribution in [3.63, 3.8) is 0 Å². The van der Waals surface area contributed by atoms with E-state index in [0.717, 1.165) is 0 Å². The van der Waals surface area contributed by atoms with E-state index < -0.39 is 0 Å². The van der Waals surface area contributed by atoms with Crippen LogP contribution in [-0.2, 0) is 0 Å². The number of allylic oxidation sites excluding steroid dienone is 12. The summed E-state index contributed by atoms with van der Waals surface area (Å²) >= 11 is 0. The molecule has 0 aliphatic rings. The predicted molar refractivity (Wildman–Crippen MR) is 146 cm³/mol. The van der Waals surface area contributed by atoms with Crippen LogP contribution in [0.3, 0.4) is 0 Å². The average molecular weight is 618 g/mol. The van der Waals surface area contributed by atoms with Crippen molar-refractivity contribution < 1.29 is 0 Å². The van der Waals surface area contributed by atoms with Gasteiger partial charge in [0.1, 0.15) is 0 Å². The van der Waals surface area contributed by atoms with Crippen LogP contribution in [0, 0.1) is 0 Å². The first-order valence-corrected chi connectivity index (χ1v) is 12.1. The summed E-state index contributed by atoms with van der Waals surface area (Å²) in [5.41, 5.74) is 8.97. The smallest absolute Gasteiger partial charge is 0 e. The van der Waals surface area contributed by atoms with Crippen LogP contribution in [0.2, 0.25) is 0 Å². The molecular weight excluding hydrogens is 568 g/mol. The van der Waals surface area contributed by atoms with E-state index in [-0.39, 0.29) is 27.3 Å². The monoisotopic (exact) mass is 618 g/mol. The summed E-state index contributed by atoms with van der Waals surface area (Å²) < 4.78 is 0. The normalized spacial score (nSPS) is 13.0. The summed E-state index contributed by atoms with van der Waals surface area (Å²) in [7, 11) is 0. The van der Waals surface area contributed by atoms with Gasteiger partial charge >= 0.3 is 0 Å². The minimum Gasteiger partial charge on any atom is -0.0856 e. The molecule has 0 saturated heterocycles. The molecule has 0 spiro atoms. The van der Waals surface area contributed by atoms with Gasteiger partial charge in [0.2, 0.25) is 0 Å². The van der Waals surface area contributed by atoms with E-state index in [2.05, 4.69) is 91.8 Å². The standard InChI is InChI=1S/C30H50.Pb/c1-25(2)15-11-19-29(7)23-13-21-27(5)17-9-10-18-28(6)22-14-24-30(8)20-12-16-26(3)4;/h15-18,23-24H,9-14,19-22H2,1-8H3;/b27-17+,28-18+,29-23+,30-24+;. The topological polar surface area (TPSA) is 0 Å². The summed E-state index contributed by atoms with van der Waals surface area (Å²) in [6.45, 7) is 17.8. The summed E-state index contributed by atoms with van der Waals surface area (Å²) in [6, 6.07) is 0. The largest absolute Gasteiger partial charge is 0.0856 e. The van der Waals surface area contributed by atoms with Gasteiger partial charge in [-0.25, -0.2) is 0 Å². The molecule has 4 radical (unpaired) electrons. The second-order valence-corrected chi connectivity index (χ2v) is 9.50. The van der Waals surface area contributed by atoms with Crippen LogP contribution in [0.1, 0.15) is 120 Å². The maximum atomic E-state index is 2.43. The van der Waals surface area contributed by atoms with Gasteiger partial charge in [-0.2, -0.15) is 0 Å². The Kier molecular flexibility index (Phi) is 22.3. The van der Waals surface area contributed by atoms with Gasteiger partial charge in [0.05, 0.1) is 0 Å². The van der Waals surface area contributed by atoms with E-state index in [0.29, 0.717) is 0 Å². The first kappa shape index (κ1) is 32.5. The van der Waals surface area contributed by atoms with Gasteiger partial charge in [-0.05, 0) is 120 Å². The fraction of sp³-hybridized carbons (Fsp3) is 0.600. The fourth-order valence-corrected chi connectivity index (χ4v) is 3.34. The molecule has 0 aromatic rings. The second-order valence-electron chi connectivity index (χ2n) is 9.50. The van der Waals surface area contributed by atoms with Crippen molar-refractivity contribution in [1.82, 2.24) is 0 Å². The van der Waals surface area contributed by atoms with E-state index in [1.54, 1.807) is 0 Å². The molecule has 0 nitrogen and oxygen atoms in total. The Morgan fingerprint density at radius 3 is 0.839 bits per heavy atom. The van der Waals surface area contributed by atoms with Gasteiger partial charge in [0.15, 0.2) is 0 Å². The van der Waals surface area contributed by atoms with Gasteiger partial charge in [-0.1, -0.05) is 69.9 Å². The molecule has 0 fully saturated rings. The van der Waals surface area contributed by atoms with Crippen LogP contribution in [-0.4, -0.2) is 27.3 Å². The third kappa shape index (κ3) is 23.8. The van der Waals surface area contributed by atoms with E-state index in [4.69, 9.17) is 0 Å². The van der Waals surface area contributed by atoms with Crippen LogP contribution in [0.5, 0.6) is 0 Å². The molecule has 0 aliphatic heterocycles. The Balaban J connectivity index is 0. The van der Waals surface area contributed by atoms with Crippen molar-refractivity contribution in [2.24, 2.45) is 0 Å². The molecule has 0 aliphatic carbocycles. The van der Waals surface area contributed by atoms with Crippen molar-refractivity contribution in [3.8, 4) is 0 Å². The molecule has 0 unspecified atom stereocenters. The van der Waals surface area contributed by atoms with Crippen molar-refractivity contribution in [3.05, 3.63) is 69.9 Å². The van der Waals surface area contributed by atoms with Crippen LogP contribution >= 0.6 is 0 Å². The number of rotatable bonds is 15. The van der Waals surface area contributed by atoms with Crippen LogP contribution in [0.15, 0.2) is 69.9 Å². The minimum atomic E-state index is 0. The zero-order chi connectivity index (χ0) is 22.8. The number of unbranched alkanes of at least 4 members (excludes halogenated alkanes) is 1. The predicted octanol–water partition coefficient (Wildman–Crippen LogP) is 10.2. The van der Waals surface area contributed by atoms with E-state index in [1.165, 1.54) is 97.6 Å². The molecule has 0 saturated carbocycles. The van der Waals surface area contributed by atoms with Crippen LogP contribution in [0.25, 0.3) is 0 Å². The maximum absolute atomic E-state index is 2.43. The zero-order valence-corrected chi connectivity index (χ0v) is 25.9. The Labute approximate surface area is 215 Å². The Bertz CT molecular complexity index is 584. The Hall–Kier alpha value is -0.638. The number of hydrogen-bond acceptors (Lipinski definition) is 0.